The van der Waals surface area contributed by atoms with Crippen molar-refractivity contribution in [1.29, 1.82) is 0 Å². The molecule has 0 saturated carbocycles. The lowest BCUT2D eigenvalue weighted by Crippen LogP contribution is -2.08. The van der Waals surface area contributed by atoms with E-state index in [1.807, 2.05) is 18.2 Å². The fourth-order valence-electron chi connectivity index (χ4n) is 2.42. The van der Waals surface area contributed by atoms with Gasteiger partial charge in [0.05, 0.1) is 11.7 Å². The van der Waals surface area contributed by atoms with E-state index in [-0.39, 0.29) is 17.8 Å². The molecule has 0 atom stereocenters. The Kier molecular flexibility index (Phi) is 4.11. The first kappa shape index (κ1) is 14.6. The van der Waals surface area contributed by atoms with Gasteiger partial charge in [-0.2, -0.15) is 5.10 Å². The molecule has 106 valence electrons. The fraction of sp³-hybridized carbons (Fsp3) is 0.286. The monoisotopic (exact) mass is 292 g/mol. The van der Waals surface area contributed by atoms with Crippen LogP contribution in [0.15, 0.2) is 29.2 Å². The van der Waals surface area contributed by atoms with Gasteiger partial charge < -0.3 is 10.7 Å². The van der Waals surface area contributed by atoms with E-state index < -0.39 is 0 Å². The highest BCUT2D eigenvalue weighted by Gasteiger charge is 2.09. The van der Waals surface area contributed by atoms with Crippen LogP contribution in [0.5, 0.6) is 0 Å². The zero-order valence-corrected chi connectivity index (χ0v) is 12.0. The molecule has 1 aromatic carbocycles. The Morgan fingerprint density at radius 3 is 2.90 bits per heavy atom. The molecule has 0 unspecified atom stereocenters. The van der Waals surface area contributed by atoms with Crippen molar-refractivity contribution < 1.29 is 0 Å². The predicted octanol–water partition coefficient (Wildman–Crippen LogP) is 1.73. The van der Waals surface area contributed by atoms with Crippen LogP contribution in [-0.2, 0) is 13.5 Å². The highest BCUT2D eigenvalue weighted by molar-refractivity contribution is 5.90. The van der Waals surface area contributed by atoms with Crippen LogP contribution < -0.4 is 11.2 Å². The second-order valence-electron chi connectivity index (χ2n) is 4.76. The number of pyridine rings is 1. The van der Waals surface area contributed by atoms with Gasteiger partial charge in [0.25, 0.3) is 0 Å². The summed E-state index contributed by atoms with van der Waals surface area (Å²) in [6.07, 6.45) is 3.51. The van der Waals surface area contributed by atoms with Crippen LogP contribution in [0.25, 0.3) is 21.9 Å². The molecule has 3 aromatic rings. The average molecular weight is 293 g/mol. The highest BCUT2D eigenvalue weighted by atomic mass is 35.5. The van der Waals surface area contributed by atoms with E-state index in [1.165, 1.54) is 0 Å². The molecular weight excluding hydrogens is 276 g/mol. The largest absolute Gasteiger partial charge is 0.352 e. The summed E-state index contributed by atoms with van der Waals surface area (Å²) in [5, 5.41) is 4.83. The van der Waals surface area contributed by atoms with E-state index in [1.54, 1.807) is 17.9 Å². The van der Waals surface area contributed by atoms with Crippen LogP contribution in [0.1, 0.15) is 12.0 Å². The number of halogens is 1. The van der Waals surface area contributed by atoms with Gasteiger partial charge >= 0.3 is 0 Å². The van der Waals surface area contributed by atoms with E-state index in [0.717, 1.165) is 29.4 Å². The first-order chi connectivity index (χ1) is 9.20. The normalized spacial score (nSPS) is 10.9. The minimum absolute atomic E-state index is 0. The van der Waals surface area contributed by atoms with Crippen molar-refractivity contribution in [2.45, 2.75) is 12.8 Å². The highest BCUT2D eigenvalue weighted by Crippen LogP contribution is 2.16. The number of hydrogen-bond acceptors (Lipinski definition) is 3. The predicted molar refractivity (Wildman–Crippen MR) is 83.5 cm³/mol. The molecule has 20 heavy (non-hydrogen) atoms. The molecule has 3 rings (SSSR count). The number of hydrogen-bond donors (Lipinski definition) is 2. The van der Waals surface area contributed by atoms with Gasteiger partial charge in [-0.15, -0.1) is 12.4 Å². The number of nitrogens with one attached hydrogen (secondary N) is 1. The number of rotatable bonds is 3. The van der Waals surface area contributed by atoms with Crippen LogP contribution in [0, 0.1) is 0 Å². The topological polar surface area (TPSA) is 76.7 Å². The van der Waals surface area contributed by atoms with E-state index in [4.69, 9.17) is 5.73 Å². The van der Waals surface area contributed by atoms with Gasteiger partial charge in [-0.3, -0.25) is 9.48 Å². The number of benzene rings is 1. The molecule has 0 radical (unpaired) electrons. The van der Waals surface area contributed by atoms with Crippen molar-refractivity contribution in [2.75, 3.05) is 6.54 Å². The lowest BCUT2D eigenvalue weighted by molar-refractivity contribution is 0.795. The van der Waals surface area contributed by atoms with Crippen molar-refractivity contribution in [1.82, 2.24) is 14.8 Å². The van der Waals surface area contributed by atoms with Gasteiger partial charge in [0.2, 0.25) is 5.43 Å². The minimum atomic E-state index is 0. The third-order valence-electron chi connectivity index (χ3n) is 3.42. The second-order valence-corrected chi connectivity index (χ2v) is 4.76. The molecule has 0 aliphatic heterocycles. The maximum absolute atomic E-state index is 12.5. The first-order valence-corrected chi connectivity index (χ1v) is 6.37. The van der Waals surface area contributed by atoms with Gasteiger partial charge in [-0.25, -0.2) is 0 Å². The van der Waals surface area contributed by atoms with Crippen molar-refractivity contribution in [2.24, 2.45) is 12.8 Å². The van der Waals surface area contributed by atoms with E-state index >= 15 is 0 Å². The van der Waals surface area contributed by atoms with Gasteiger partial charge in [0.1, 0.15) is 5.52 Å². The molecule has 0 amide bonds. The second kappa shape index (κ2) is 5.64. The van der Waals surface area contributed by atoms with Crippen molar-refractivity contribution >= 4 is 34.3 Å². The summed E-state index contributed by atoms with van der Waals surface area (Å²) < 4.78 is 1.61. The summed E-state index contributed by atoms with van der Waals surface area (Å²) in [6, 6.07) is 5.95. The summed E-state index contributed by atoms with van der Waals surface area (Å²) in [6.45, 7) is 0.662. The van der Waals surface area contributed by atoms with Gasteiger partial charge in [-0.1, -0.05) is 6.07 Å². The lowest BCUT2D eigenvalue weighted by atomic mass is 10.1. The maximum atomic E-state index is 12.5. The number of aryl methyl sites for hydroxylation is 2. The van der Waals surface area contributed by atoms with Gasteiger partial charge in [-0.05, 0) is 37.1 Å². The number of fused-ring (bicyclic) bond motifs is 2. The number of H-pyrrole nitrogens is 1. The molecule has 0 bridgehead atoms. The zero-order valence-electron chi connectivity index (χ0n) is 11.2. The molecule has 0 aliphatic rings. The Morgan fingerprint density at radius 1 is 1.35 bits per heavy atom. The van der Waals surface area contributed by atoms with Crippen molar-refractivity contribution in [3.05, 3.63) is 40.2 Å². The Labute approximate surface area is 122 Å². The number of nitrogens with two attached hydrogens (primary N) is 1. The summed E-state index contributed by atoms with van der Waals surface area (Å²) in [7, 11) is 1.78. The van der Waals surface area contributed by atoms with Gasteiger partial charge in [0.15, 0.2) is 0 Å². The summed E-state index contributed by atoms with van der Waals surface area (Å²) in [4.78, 5) is 15.7. The fourth-order valence-corrected chi connectivity index (χ4v) is 2.42. The van der Waals surface area contributed by atoms with Gasteiger partial charge in [0, 0.05) is 18.0 Å². The summed E-state index contributed by atoms with van der Waals surface area (Å²) >= 11 is 0. The number of aromatic amines is 1. The van der Waals surface area contributed by atoms with E-state index in [0.29, 0.717) is 17.4 Å². The molecule has 2 aromatic heterocycles. The molecule has 3 N–H and O–H groups in total. The number of nitrogens with zero attached hydrogens (tertiary/aromatic N) is 2. The molecule has 6 heteroatoms. The van der Waals surface area contributed by atoms with Crippen molar-refractivity contribution in [3.8, 4) is 0 Å². The first-order valence-electron chi connectivity index (χ1n) is 6.37. The maximum Gasteiger partial charge on any atom is 0.215 e. The van der Waals surface area contributed by atoms with Crippen LogP contribution in [0.3, 0.4) is 0 Å². The smallest absolute Gasteiger partial charge is 0.215 e. The van der Waals surface area contributed by atoms with Crippen LogP contribution in [0.4, 0.5) is 0 Å². The molecule has 0 aliphatic carbocycles. The Balaban J connectivity index is 0.00000147. The zero-order chi connectivity index (χ0) is 13.4. The van der Waals surface area contributed by atoms with Crippen LogP contribution in [-0.4, -0.2) is 21.3 Å². The molecule has 5 nitrogen and oxygen atoms in total. The van der Waals surface area contributed by atoms with E-state index in [2.05, 4.69) is 10.1 Å². The van der Waals surface area contributed by atoms with Crippen LogP contribution >= 0.6 is 12.4 Å². The minimum Gasteiger partial charge on any atom is -0.352 e. The van der Waals surface area contributed by atoms with E-state index in [9.17, 15) is 4.79 Å². The molecule has 0 fully saturated rings. The molecule has 2 heterocycles. The Morgan fingerprint density at radius 2 is 2.15 bits per heavy atom. The summed E-state index contributed by atoms with van der Waals surface area (Å²) in [5.41, 5.74) is 8.93. The molecule has 0 saturated heterocycles. The van der Waals surface area contributed by atoms with Crippen LogP contribution in [0.2, 0.25) is 0 Å². The number of aromatic nitrogens is 3. The Hall–Kier alpha value is -1.85. The molecule has 0 spiro atoms. The molecular formula is C14H17ClN4O. The van der Waals surface area contributed by atoms with Crippen molar-refractivity contribution in [3.63, 3.8) is 0 Å². The summed E-state index contributed by atoms with van der Waals surface area (Å²) in [5.74, 6) is 0. The lowest BCUT2D eigenvalue weighted by Gasteiger charge is -2.04. The standard InChI is InChI=1S/C14H16N4O.ClH/c1-18-13-12(8-16-18)17-11-5-4-9(3-2-6-15)7-10(11)14(13)19;/h4-5,7-8H,2-3,6,15H2,1H3,(H,17,19);1H. The average Bonchev–Trinajstić information content (AvgIpc) is 2.78. The SMILES string of the molecule is Cl.Cn1ncc2[nH]c3ccc(CCCN)cc3c(=O)c21. The quantitative estimate of drug-likeness (QED) is 0.772. The third-order valence-corrected chi connectivity index (χ3v) is 3.42. The third kappa shape index (κ3) is 2.30. The Bertz CT molecular complexity index is 806.